The fourth-order valence-electron chi connectivity index (χ4n) is 8.83. The van der Waals surface area contributed by atoms with Crippen molar-refractivity contribution in [1.82, 2.24) is 87.9 Å². The van der Waals surface area contributed by atoms with Gasteiger partial charge in [-0.2, -0.15) is 39.9 Å². The maximum atomic E-state index is 12.9. The Labute approximate surface area is 457 Å². The zero-order valence-corrected chi connectivity index (χ0v) is 44.7. The van der Waals surface area contributed by atoms with Crippen molar-refractivity contribution in [1.29, 1.82) is 0 Å². The number of aromatic amines is 4. The van der Waals surface area contributed by atoms with Crippen LogP contribution >= 0.6 is 0 Å². The van der Waals surface area contributed by atoms with Crippen LogP contribution in [0.25, 0.3) is 44.1 Å². The molecule has 8 aromatic rings. The summed E-state index contributed by atoms with van der Waals surface area (Å²) in [6.45, 7) is 5.37. The first kappa shape index (κ1) is 60.6. The number of hydrogen-bond donors (Lipinski definition) is 13. The topological polar surface area (TPSA) is 507 Å². The van der Waals surface area contributed by atoms with Gasteiger partial charge in [0, 0.05) is 93.6 Å². The SMILES string of the molecule is C.CCCCCCCN(CCn1c(=O)nc(N)c2c(=O)[nH]c(NC)nc21)CCn1c(=O)nc(N)c2c(=O)[nH]c(NC)nc21.CNc1nc2c(c(N)nc(=O)n2CCN(CCN)CCn2c(=O)nc(N)c3c(=O)[nH]c(NC)nc32)c(=O)[nH]1. The lowest BCUT2D eigenvalue weighted by Gasteiger charge is -2.24. The Hall–Kier alpha value is -9.64. The van der Waals surface area contributed by atoms with Crippen molar-refractivity contribution in [3.05, 3.63) is 83.4 Å². The van der Waals surface area contributed by atoms with E-state index in [1.54, 1.807) is 28.2 Å². The number of nitrogens with two attached hydrogens (primary N) is 5. The van der Waals surface area contributed by atoms with E-state index in [9.17, 15) is 38.4 Å². The third-order valence-electron chi connectivity index (χ3n) is 13.0. The molecule has 81 heavy (non-hydrogen) atoms. The Balaban J connectivity index is 0.000000259. The molecule has 0 aromatic carbocycles. The number of unbranched alkanes of at least 4 members (excludes halogenated alkanes) is 4. The summed E-state index contributed by atoms with van der Waals surface area (Å²) in [5.74, 6) is -0.142. The molecule has 18 N–H and O–H groups in total. The highest BCUT2D eigenvalue weighted by molar-refractivity contribution is 5.87. The zero-order chi connectivity index (χ0) is 57.9. The summed E-state index contributed by atoms with van der Waals surface area (Å²) in [4.78, 5) is 148. The van der Waals surface area contributed by atoms with Crippen LogP contribution in [0.4, 0.5) is 47.1 Å². The van der Waals surface area contributed by atoms with E-state index in [1.165, 1.54) is 18.3 Å². The molecule has 0 fully saturated rings. The van der Waals surface area contributed by atoms with Gasteiger partial charge in [-0.1, -0.05) is 40.0 Å². The minimum atomic E-state index is -0.671. The Kier molecular flexibility index (Phi) is 20.1. The second-order valence-electron chi connectivity index (χ2n) is 18.1. The number of anilines is 8. The molecule has 0 aliphatic heterocycles. The summed E-state index contributed by atoms with van der Waals surface area (Å²) in [6.07, 6.45) is 5.27. The molecular weight excluding hydrogens is 1060 g/mol. The summed E-state index contributed by atoms with van der Waals surface area (Å²) >= 11 is 0. The van der Waals surface area contributed by atoms with Gasteiger partial charge in [0.05, 0.1) is 0 Å². The van der Waals surface area contributed by atoms with E-state index in [0.717, 1.165) is 32.1 Å². The zero-order valence-electron chi connectivity index (χ0n) is 44.7. The van der Waals surface area contributed by atoms with Gasteiger partial charge in [0.1, 0.15) is 44.8 Å². The maximum absolute atomic E-state index is 12.9. The van der Waals surface area contributed by atoms with Crippen molar-refractivity contribution in [2.45, 2.75) is 72.6 Å². The van der Waals surface area contributed by atoms with Crippen LogP contribution in [0.2, 0.25) is 0 Å². The van der Waals surface area contributed by atoms with Crippen LogP contribution in [-0.4, -0.2) is 162 Å². The third kappa shape index (κ3) is 13.4. The summed E-state index contributed by atoms with van der Waals surface area (Å²) in [5, 5.41) is 11.1. The first-order valence-corrected chi connectivity index (χ1v) is 25.4. The number of rotatable bonds is 24. The van der Waals surface area contributed by atoms with E-state index in [-0.39, 0.29) is 144 Å². The van der Waals surface area contributed by atoms with E-state index in [0.29, 0.717) is 26.2 Å². The van der Waals surface area contributed by atoms with Crippen LogP contribution in [0, 0.1) is 0 Å². The molecular formula is C46H69N27O8. The molecule has 8 rings (SSSR count). The molecule has 35 heteroatoms. The maximum Gasteiger partial charge on any atom is 0.351 e. The molecule has 0 bridgehead atoms. The molecule has 0 atom stereocenters. The monoisotopic (exact) mass is 1130 g/mol. The minimum Gasteiger partial charge on any atom is -0.383 e. The highest BCUT2D eigenvalue weighted by Gasteiger charge is 2.21. The predicted molar refractivity (Wildman–Crippen MR) is 311 cm³/mol. The van der Waals surface area contributed by atoms with Gasteiger partial charge in [-0.05, 0) is 13.0 Å². The first-order chi connectivity index (χ1) is 38.4. The lowest BCUT2D eigenvalue weighted by molar-refractivity contribution is 0.246. The van der Waals surface area contributed by atoms with Crippen molar-refractivity contribution in [2.75, 3.05) is 118 Å². The van der Waals surface area contributed by atoms with Gasteiger partial charge >= 0.3 is 22.8 Å². The van der Waals surface area contributed by atoms with Gasteiger partial charge < -0.3 is 49.9 Å². The Morgan fingerprint density at radius 3 is 0.901 bits per heavy atom. The Morgan fingerprint density at radius 1 is 0.395 bits per heavy atom. The van der Waals surface area contributed by atoms with E-state index in [2.05, 4.69) is 92.9 Å². The Morgan fingerprint density at radius 2 is 0.654 bits per heavy atom. The van der Waals surface area contributed by atoms with Crippen LogP contribution in [-0.2, 0) is 26.2 Å². The van der Waals surface area contributed by atoms with Crippen molar-refractivity contribution in [3.63, 3.8) is 0 Å². The number of nitrogens with one attached hydrogen (secondary N) is 8. The summed E-state index contributed by atoms with van der Waals surface area (Å²) in [7, 11) is 6.33. The van der Waals surface area contributed by atoms with Crippen LogP contribution in [0.3, 0.4) is 0 Å². The molecule has 0 saturated carbocycles. The first-order valence-electron chi connectivity index (χ1n) is 25.4. The lowest BCUT2D eigenvalue weighted by Crippen LogP contribution is -2.39. The number of aromatic nitrogens is 16. The van der Waals surface area contributed by atoms with Gasteiger partial charge in [-0.3, -0.25) is 67.2 Å². The Bertz CT molecular complexity index is 3820. The van der Waals surface area contributed by atoms with Crippen LogP contribution < -0.4 is 94.9 Å². The largest absolute Gasteiger partial charge is 0.383 e. The summed E-state index contributed by atoms with van der Waals surface area (Å²) in [6, 6.07) is 0. The third-order valence-corrected chi connectivity index (χ3v) is 13.0. The molecule has 35 nitrogen and oxygen atoms in total. The van der Waals surface area contributed by atoms with Crippen molar-refractivity contribution < 1.29 is 0 Å². The van der Waals surface area contributed by atoms with E-state index >= 15 is 0 Å². The highest BCUT2D eigenvalue weighted by atomic mass is 16.2. The van der Waals surface area contributed by atoms with E-state index < -0.39 is 45.0 Å². The number of hydrogen-bond acceptors (Lipinski definition) is 27. The second-order valence-corrected chi connectivity index (χ2v) is 18.1. The number of H-pyrrole nitrogens is 4. The molecule has 0 radical (unpaired) electrons. The fourth-order valence-corrected chi connectivity index (χ4v) is 8.83. The van der Waals surface area contributed by atoms with Crippen LogP contribution in [0.5, 0.6) is 0 Å². The standard InChI is InChI=1S/C25H37N13O4.C20H28N14O4.CH4/c1-4-5-6-7-8-9-36(10-12-37-18-14(16(26)30-24(37)41)20(39)34-22(28-2)32-18)11-13-38-19-15(17(27)31-25(38)42)21(40)35-23(29-3)33-19;1-24-17-28-13-9(15(35)30-17)11(22)26-19(37)33(13)7-5-32(4-3-21)6-8-34-14-10(12(23)27-20(34)38)16(36)31-18(25-2)29-14;/h4-13H2,1-3H3,(H2,26,30,41)(H2,27,31,42)(H2,28,32,34,39)(H2,29,33,35,40);3-8,21H2,1-2H3,(H2,22,26,37)(H2,23,27,38)(H2,24,28,30,35)(H2,25,29,31,36);1H4. The predicted octanol–water partition coefficient (Wildman–Crippen LogP) is -3.39. The number of nitrogen functional groups attached to an aromatic ring is 4. The molecule has 0 saturated heterocycles. The smallest absolute Gasteiger partial charge is 0.351 e. The lowest BCUT2D eigenvalue weighted by atomic mass is 10.1. The number of nitrogens with zero attached hydrogens (tertiary/aromatic N) is 14. The quantitative estimate of drug-likeness (QED) is 0.0262. The van der Waals surface area contributed by atoms with Gasteiger partial charge in [0.2, 0.25) is 23.8 Å². The minimum absolute atomic E-state index is 0. The van der Waals surface area contributed by atoms with Gasteiger partial charge in [-0.25, -0.2) is 19.2 Å². The molecule has 0 spiro atoms. The second kappa shape index (κ2) is 26.8. The summed E-state index contributed by atoms with van der Waals surface area (Å²) < 4.78 is 5.13. The van der Waals surface area contributed by atoms with Crippen LogP contribution in [0.15, 0.2) is 38.4 Å². The molecule has 8 heterocycles. The van der Waals surface area contributed by atoms with E-state index in [4.69, 9.17) is 28.7 Å². The summed E-state index contributed by atoms with van der Waals surface area (Å²) in [5.41, 5.74) is 24.9. The average Bonchev–Trinajstić information content (AvgIpc) is 3.42. The average molecular weight is 1130 g/mol. The van der Waals surface area contributed by atoms with E-state index in [1.807, 2.05) is 4.90 Å². The van der Waals surface area contributed by atoms with Crippen molar-refractivity contribution in [2.24, 2.45) is 5.73 Å². The van der Waals surface area contributed by atoms with Gasteiger partial charge in [-0.15, -0.1) is 0 Å². The molecule has 0 unspecified atom stereocenters. The van der Waals surface area contributed by atoms with Gasteiger partial charge in [0.15, 0.2) is 22.6 Å². The van der Waals surface area contributed by atoms with Gasteiger partial charge in [0.25, 0.3) is 22.2 Å². The van der Waals surface area contributed by atoms with Crippen LogP contribution in [0.1, 0.15) is 46.5 Å². The molecule has 0 amide bonds. The molecule has 0 aliphatic rings. The normalized spacial score (nSPS) is 11.4. The van der Waals surface area contributed by atoms with Crippen molar-refractivity contribution >= 4 is 91.2 Å². The molecule has 0 aliphatic carbocycles. The highest BCUT2D eigenvalue weighted by Crippen LogP contribution is 2.17. The molecule has 436 valence electrons. The fraction of sp³-hybridized carbons (Fsp3) is 0.478. The van der Waals surface area contributed by atoms with Crippen molar-refractivity contribution in [3.8, 4) is 0 Å². The molecule has 8 aromatic heterocycles. The number of fused-ring (bicyclic) bond motifs is 4.